The van der Waals surface area contributed by atoms with Crippen molar-refractivity contribution in [2.45, 2.75) is 26.1 Å². The highest BCUT2D eigenvalue weighted by Gasteiger charge is 2.35. The largest absolute Gasteiger partial charge is 0.466 e. The maximum atomic E-state index is 14.7. The molecule has 0 fully saturated rings. The maximum Gasteiger partial charge on any atom is 0.431 e. The predicted molar refractivity (Wildman–Crippen MR) is 113 cm³/mol. The second kappa shape index (κ2) is 9.44. The summed E-state index contributed by atoms with van der Waals surface area (Å²) in [6, 6.07) is 1.73. The van der Waals surface area contributed by atoms with E-state index in [1.54, 1.807) is 0 Å². The Hall–Kier alpha value is -3.81. The normalized spacial score (nSPS) is 12.4. The topological polar surface area (TPSA) is 117 Å². The minimum atomic E-state index is -4.99. The molecule has 0 spiro atoms. The van der Waals surface area contributed by atoms with Gasteiger partial charge in [-0.25, -0.2) is 18.5 Å². The summed E-state index contributed by atoms with van der Waals surface area (Å²) in [7, 11) is 1.94. The van der Waals surface area contributed by atoms with Gasteiger partial charge in [0.2, 0.25) is 5.75 Å². The van der Waals surface area contributed by atoms with Gasteiger partial charge < -0.3 is 14.2 Å². The standard InChI is InChI=1S/C20H17ClF4N4O6/c1-8-16(17(27-26-8)34-9(2)18(31)33-4)35-13-6-12(11(22)5-10(13)21)29-15(30)7-14(20(23,24)25)28(3)19(29)32/h5-7,9H,1-4H3,(H,26,27)/t9-/m0/s1. The SMILES string of the molecule is COC(=O)[C@H](C)Oc1n[nH]c(C)c1Oc1cc(-n2c(=O)cc(C(F)(F)F)n(C)c2=O)c(F)cc1Cl. The summed E-state index contributed by atoms with van der Waals surface area (Å²) in [5, 5.41) is 6.11. The molecule has 2 aromatic heterocycles. The molecule has 0 aliphatic carbocycles. The molecular formula is C20H17ClF4N4O6. The van der Waals surface area contributed by atoms with Crippen molar-refractivity contribution in [3.63, 3.8) is 0 Å². The summed E-state index contributed by atoms with van der Waals surface area (Å²) < 4.78 is 70.1. The lowest BCUT2D eigenvalue weighted by molar-refractivity contribution is -0.148. The van der Waals surface area contributed by atoms with Gasteiger partial charge in [0.25, 0.3) is 11.4 Å². The third-order valence-electron chi connectivity index (χ3n) is 4.75. The number of carbonyl (C=O) groups excluding carboxylic acids is 1. The summed E-state index contributed by atoms with van der Waals surface area (Å²) >= 11 is 6.06. The zero-order valence-electron chi connectivity index (χ0n) is 18.5. The van der Waals surface area contributed by atoms with Gasteiger partial charge >= 0.3 is 17.8 Å². The zero-order valence-corrected chi connectivity index (χ0v) is 19.2. The molecule has 0 saturated heterocycles. The molecule has 10 nitrogen and oxygen atoms in total. The lowest BCUT2D eigenvalue weighted by Gasteiger charge is -2.16. The van der Waals surface area contributed by atoms with E-state index >= 15 is 0 Å². The fourth-order valence-corrected chi connectivity index (χ4v) is 3.16. The monoisotopic (exact) mass is 520 g/mol. The second-order valence-electron chi connectivity index (χ2n) is 7.14. The molecule has 0 saturated carbocycles. The molecule has 15 heteroatoms. The third-order valence-corrected chi connectivity index (χ3v) is 5.04. The highest BCUT2D eigenvalue weighted by Crippen LogP contribution is 2.38. The van der Waals surface area contributed by atoms with Gasteiger partial charge in [-0.1, -0.05) is 11.6 Å². The number of alkyl halides is 3. The van der Waals surface area contributed by atoms with Crippen LogP contribution in [0.15, 0.2) is 27.8 Å². The van der Waals surface area contributed by atoms with Crippen molar-refractivity contribution in [1.29, 1.82) is 0 Å². The number of halogens is 5. The molecule has 0 bridgehead atoms. The number of nitrogens with zero attached hydrogens (tertiary/aromatic N) is 3. The van der Waals surface area contributed by atoms with Gasteiger partial charge in [0.05, 0.1) is 23.5 Å². The van der Waals surface area contributed by atoms with E-state index in [0.717, 1.165) is 20.2 Å². The van der Waals surface area contributed by atoms with Crippen LogP contribution in [-0.4, -0.2) is 38.5 Å². The molecule has 0 aliphatic rings. The van der Waals surface area contributed by atoms with Crippen LogP contribution < -0.4 is 20.7 Å². The van der Waals surface area contributed by atoms with Crippen LogP contribution in [0.5, 0.6) is 17.4 Å². The molecule has 1 aromatic carbocycles. The zero-order chi connectivity index (χ0) is 26.2. The van der Waals surface area contributed by atoms with Crippen molar-refractivity contribution in [2.75, 3.05) is 7.11 Å². The molecule has 1 atom stereocenters. The average molecular weight is 521 g/mol. The number of ether oxygens (including phenoxy) is 3. The Bertz CT molecular complexity index is 1410. The van der Waals surface area contributed by atoms with Crippen LogP contribution in [0.1, 0.15) is 18.3 Å². The number of carbonyl (C=O) groups is 1. The molecule has 3 aromatic rings. The molecule has 2 heterocycles. The van der Waals surface area contributed by atoms with Crippen molar-refractivity contribution in [1.82, 2.24) is 19.3 Å². The molecule has 0 aliphatic heterocycles. The number of aromatic amines is 1. The van der Waals surface area contributed by atoms with Crippen LogP contribution in [-0.2, 0) is 22.8 Å². The number of benzene rings is 1. The molecule has 0 unspecified atom stereocenters. The van der Waals surface area contributed by atoms with E-state index in [4.69, 9.17) is 21.1 Å². The molecule has 1 N–H and O–H groups in total. The van der Waals surface area contributed by atoms with Crippen LogP contribution in [0.25, 0.3) is 5.69 Å². The van der Waals surface area contributed by atoms with Crippen LogP contribution in [0, 0.1) is 12.7 Å². The van der Waals surface area contributed by atoms with Gasteiger partial charge in [-0.2, -0.15) is 13.2 Å². The van der Waals surface area contributed by atoms with E-state index in [1.807, 2.05) is 0 Å². The summed E-state index contributed by atoms with van der Waals surface area (Å²) in [5.74, 6) is -2.45. The number of hydrogen-bond donors (Lipinski definition) is 1. The van der Waals surface area contributed by atoms with Crippen LogP contribution in [0.4, 0.5) is 17.6 Å². The van der Waals surface area contributed by atoms with Gasteiger partial charge in [-0.05, 0) is 19.9 Å². The quantitative estimate of drug-likeness (QED) is 0.392. The molecule has 35 heavy (non-hydrogen) atoms. The van der Waals surface area contributed by atoms with Crippen LogP contribution >= 0.6 is 11.6 Å². The van der Waals surface area contributed by atoms with Gasteiger partial charge in [-0.3, -0.25) is 14.5 Å². The average Bonchev–Trinajstić information content (AvgIpc) is 3.11. The number of hydrogen-bond acceptors (Lipinski definition) is 7. The first-order valence-corrected chi connectivity index (χ1v) is 10.0. The van der Waals surface area contributed by atoms with Gasteiger partial charge in [-0.15, -0.1) is 5.10 Å². The predicted octanol–water partition coefficient (Wildman–Crippen LogP) is 3.11. The minimum absolute atomic E-state index is 0.0760. The summed E-state index contributed by atoms with van der Waals surface area (Å²) in [5.41, 5.74) is -4.81. The van der Waals surface area contributed by atoms with Crippen molar-refractivity contribution in [3.05, 3.63) is 61.3 Å². The number of aromatic nitrogens is 4. The van der Waals surface area contributed by atoms with Crippen molar-refractivity contribution in [3.8, 4) is 23.1 Å². The van der Waals surface area contributed by atoms with E-state index in [-0.39, 0.29) is 37.6 Å². The lowest BCUT2D eigenvalue weighted by atomic mass is 10.2. The van der Waals surface area contributed by atoms with Crippen LogP contribution in [0.3, 0.4) is 0 Å². The first-order valence-electron chi connectivity index (χ1n) is 9.63. The molecule has 188 valence electrons. The number of H-pyrrole nitrogens is 1. The Labute approximate surface area is 198 Å². The van der Waals surface area contributed by atoms with E-state index in [0.29, 0.717) is 11.8 Å². The van der Waals surface area contributed by atoms with Crippen molar-refractivity contribution in [2.24, 2.45) is 7.05 Å². The lowest BCUT2D eigenvalue weighted by Crippen LogP contribution is -2.41. The number of methoxy groups -OCH3 is 1. The Kier molecular flexibility index (Phi) is 6.96. The Morgan fingerprint density at radius 2 is 1.89 bits per heavy atom. The summed E-state index contributed by atoms with van der Waals surface area (Å²) in [4.78, 5) is 36.6. The Morgan fingerprint density at radius 3 is 2.49 bits per heavy atom. The van der Waals surface area contributed by atoms with Crippen molar-refractivity contribution >= 4 is 17.6 Å². The number of aryl methyl sites for hydroxylation is 1. The van der Waals surface area contributed by atoms with Crippen LogP contribution in [0.2, 0.25) is 5.02 Å². The Morgan fingerprint density at radius 1 is 1.23 bits per heavy atom. The van der Waals surface area contributed by atoms with Gasteiger partial charge in [0, 0.05) is 19.2 Å². The van der Waals surface area contributed by atoms with Gasteiger partial charge in [0.15, 0.2) is 6.10 Å². The highest BCUT2D eigenvalue weighted by molar-refractivity contribution is 6.32. The highest BCUT2D eigenvalue weighted by atomic mass is 35.5. The van der Waals surface area contributed by atoms with E-state index in [2.05, 4.69) is 14.9 Å². The fourth-order valence-electron chi connectivity index (χ4n) is 2.98. The fraction of sp³-hybridized carbons (Fsp3) is 0.300. The summed E-state index contributed by atoms with van der Waals surface area (Å²) in [6.45, 7) is 2.90. The van der Waals surface area contributed by atoms with Gasteiger partial charge in [0.1, 0.15) is 17.3 Å². The first kappa shape index (κ1) is 25.8. The van der Waals surface area contributed by atoms with E-state index in [9.17, 15) is 31.9 Å². The summed E-state index contributed by atoms with van der Waals surface area (Å²) in [6.07, 6.45) is -6.08. The minimum Gasteiger partial charge on any atom is -0.466 e. The number of rotatable bonds is 6. The molecule has 0 radical (unpaired) electrons. The Balaban J connectivity index is 2.10. The number of esters is 1. The molecular weight excluding hydrogens is 504 g/mol. The molecule has 3 rings (SSSR count). The second-order valence-corrected chi connectivity index (χ2v) is 7.55. The smallest absolute Gasteiger partial charge is 0.431 e. The van der Waals surface area contributed by atoms with E-state index < -0.39 is 46.7 Å². The van der Waals surface area contributed by atoms with Crippen molar-refractivity contribution < 1.29 is 36.6 Å². The first-order chi connectivity index (χ1) is 16.3. The van der Waals surface area contributed by atoms with E-state index in [1.165, 1.54) is 13.8 Å². The third kappa shape index (κ3) is 5.01. The molecule has 0 amide bonds. The number of nitrogens with one attached hydrogen (secondary N) is 1. The maximum absolute atomic E-state index is 14.7.